The molecule has 1 atom stereocenters. The molecule has 1 aromatic rings. The molecule has 0 aliphatic carbocycles. The fourth-order valence-corrected chi connectivity index (χ4v) is 1.23. The molecule has 1 aromatic heterocycles. The van der Waals surface area contributed by atoms with E-state index in [1.165, 1.54) is 7.11 Å². The summed E-state index contributed by atoms with van der Waals surface area (Å²) in [4.78, 5) is 28.7. The van der Waals surface area contributed by atoms with Gasteiger partial charge in [-0.2, -0.15) is 4.98 Å². The van der Waals surface area contributed by atoms with Crippen LogP contribution in [0.25, 0.3) is 0 Å². The summed E-state index contributed by atoms with van der Waals surface area (Å²) in [5, 5.41) is 8.74. The zero-order valence-corrected chi connectivity index (χ0v) is 9.40. The highest BCUT2D eigenvalue weighted by Gasteiger charge is 2.15. The molecule has 0 aliphatic rings. The molecular formula is C10H14N2O4. The van der Waals surface area contributed by atoms with Crippen LogP contribution < -0.4 is 10.3 Å². The molecule has 1 heterocycles. The lowest BCUT2D eigenvalue weighted by atomic mass is 10.1. The van der Waals surface area contributed by atoms with Crippen molar-refractivity contribution in [3.63, 3.8) is 0 Å². The number of ether oxygens (including phenoxy) is 1. The standard InChI is InChI=1S/C10H14N2O4/c1-5(10(14)15)4-7-11-8(13)6(2)9(12-7)16-3/h5H,4H2,1-3H3,(H,14,15)(H,11,12,13). The highest BCUT2D eigenvalue weighted by Crippen LogP contribution is 2.10. The Morgan fingerprint density at radius 1 is 1.62 bits per heavy atom. The Balaban J connectivity index is 3.03. The molecular weight excluding hydrogens is 212 g/mol. The molecule has 0 radical (unpaired) electrons. The molecule has 88 valence electrons. The first kappa shape index (κ1) is 12.2. The summed E-state index contributed by atoms with van der Waals surface area (Å²) in [6.45, 7) is 3.14. The summed E-state index contributed by atoms with van der Waals surface area (Å²) in [5.74, 6) is -0.976. The number of rotatable bonds is 4. The summed E-state index contributed by atoms with van der Waals surface area (Å²) in [7, 11) is 1.42. The molecule has 0 aliphatic heterocycles. The molecule has 0 fully saturated rings. The molecule has 0 spiro atoms. The fourth-order valence-electron chi connectivity index (χ4n) is 1.23. The number of nitrogens with zero attached hydrogens (tertiary/aromatic N) is 1. The monoisotopic (exact) mass is 226 g/mol. The summed E-state index contributed by atoms with van der Waals surface area (Å²) >= 11 is 0. The summed E-state index contributed by atoms with van der Waals surface area (Å²) in [6, 6.07) is 0. The van der Waals surface area contributed by atoms with E-state index >= 15 is 0 Å². The number of nitrogens with one attached hydrogen (secondary N) is 1. The van der Waals surface area contributed by atoms with Gasteiger partial charge in [-0.05, 0) is 6.92 Å². The van der Waals surface area contributed by atoms with Crippen LogP contribution in [0.2, 0.25) is 0 Å². The van der Waals surface area contributed by atoms with E-state index in [9.17, 15) is 9.59 Å². The summed E-state index contributed by atoms with van der Waals surface area (Å²) in [6.07, 6.45) is 0.168. The van der Waals surface area contributed by atoms with E-state index in [-0.39, 0.29) is 17.9 Å². The Labute approximate surface area is 92.3 Å². The van der Waals surface area contributed by atoms with Crippen molar-refractivity contribution < 1.29 is 14.6 Å². The first-order valence-electron chi connectivity index (χ1n) is 4.82. The molecule has 6 heteroatoms. The lowest BCUT2D eigenvalue weighted by Crippen LogP contribution is -2.20. The van der Waals surface area contributed by atoms with Crippen LogP contribution in [-0.2, 0) is 11.2 Å². The van der Waals surface area contributed by atoms with E-state index in [1.807, 2.05) is 0 Å². The van der Waals surface area contributed by atoms with Crippen molar-refractivity contribution in [3.05, 3.63) is 21.7 Å². The molecule has 16 heavy (non-hydrogen) atoms. The molecule has 0 saturated carbocycles. The highest BCUT2D eigenvalue weighted by atomic mass is 16.5. The third kappa shape index (κ3) is 2.59. The van der Waals surface area contributed by atoms with Crippen molar-refractivity contribution in [1.29, 1.82) is 0 Å². The predicted octanol–water partition coefficient (Wildman–Crippen LogP) is 0.350. The summed E-state index contributed by atoms with van der Waals surface area (Å²) in [5.41, 5.74) is 0.0775. The lowest BCUT2D eigenvalue weighted by Gasteiger charge is -2.08. The largest absolute Gasteiger partial charge is 0.481 e. The van der Waals surface area contributed by atoms with Crippen molar-refractivity contribution >= 4 is 5.97 Å². The van der Waals surface area contributed by atoms with E-state index in [1.54, 1.807) is 13.8 Å². The number of H-pyrrole nitrogens is 1. The quantitative estimate of drug-likeness (QED) is 0.772. The van der Waals surface area contributed by atoms with Gasteiger partial charge in [-0.1, -0.05) is 6.92 Å². The van der Waals surface area contributed by atoms with Gasteiger partial charge in [0.15, 0.2) is 0 Å². The average Bonchev–Trinajstić information content (AvgIpc) is 2.22. The van der Waals surface area contributed by atoms with Crippen LogP contribution >= 0.6 is 0 Å². The summed E-state index contributed by atoms with van der Waals surface area (Å²) < 4.78 is 4.93. The minimum Gasteiger partial charge on any atom is -0.481 e. The molecule has 2 N–H and O–H groups in total. The van der Waals surface area contributed by atoms with Gasteiger partial charge in [0.2, 0.25) is 5.88 Å². The van der Waals surface area contributed by atoms with Crippen molar-refractivity contribution in [3.8, 4) is 5.88 Å². The van der Waals surface area contributed by atoms with Crippen molar-refractivity contribution in [1.82, 2.24) is 9.97 Å². The fraction of sp³-hybridized carbons (Fsp3) is 0.500. The van der Waals surface area contributed by atoms with Gasteiger partial charge in [-0.25, -0.2) is 0 Å². The Hall–Kier alpha value is -1.85. The van der Waals surface area contributed by atoms with E-state index in [0.29, 0.717) is 11.4 Å². The first-order chi connectivity index (χ1) is 7.45. The number of aromatic nitrogens is 2. The first-order valence-corrected chi connectivity index (χ1v) is 4.82. The minimum atomic E-state index is -0.929. The van der Waals surface area contributed by atoms with Crippen LogP contribution in [0.1, 0.15) is 18.3 Å². The van der Waals surface area contributed by atoms with Gasteiger partial charge in [0.25, 0.3) is 5.56 Å². The number of carbonyl (C=O) groups is 1. The number of carboxylic acids is 1. The molecule has 0 aromatic carbocycles. The SMILES string of the molecule is COc1nc(CC(C)C(=O)O)[nH]c(=O)c1C. The van der Waals surface area contributed by atoms with Crippen LogP contribution in [0.15, 0.2) is 4.79 Å². The maximum Gasteiger partial charge on any atom is 0.306 e. The van der Waals surface area contributed by atoms with Gasteiger partial charge in [-0.15, -0.1) is 0 Å². The normalized spacial score (nSPS) is 12.2. The van der Waals surface area contributed by atoms with Crippen molar-refractivity contribution in [2.24, 2.45) is 5.92 Å². The smallest absolute Gasteiger partial charge is 0.306 e. The second-order valence-electron chi connectivity index (χ2n) is 3.59. The number of aliphatic carboxylic acids is 1. The Kier molecular flexibility index (Phi) is 3.65. The lowest BCUT2D eigenvalue weighted by molar-refractivity contribution is -0.141. The van der Waals surface area contributed by atoms with Crippen molar-refractivity contribution in [2.45, 2.75) is 20.3 Å². The van der Waals surface area contributed by atoms with Gasteiger partial charge in [0.05, 0.1) is 18.6 Å². The van der Waals surface area contributed by atoms with Crippen LogP contribution in [0.4, 0.5) is 0 Å². The molecule has 0 amide bonds. The van der Waals surface area contributed by atoms with Gasteiger partial charge in [0.1, 0.15) is 5.82 Å². The Morgan fingerprint density at radius 3 is 2.75 bits per heavy atom. The Bertz CT molecular complexity index is 453. The second-order valence-corrected chi connectivity index (χ2v) is 3.59. The molecule has 1 unspecified atom stereocenters. The van der Waals surface area contributed by atoms with E-state index in [0.717, 1.165) is 0 Å². The van der Waals surface area contributed by atoms with Gasteiger partial charge in [-0.3, -0.25) is 9.59 Å². The topological polar surface area (TPSA) is 92.3 Å². The van der Waals surface area contributed by atoms with Crippen LogP contribution in [0.5, 0.6) is 5.88 Å². The average molecular weight is 226 g/mol. The number of hydrogen-bond acceptors (Lipinski definition) is 4. The number of aromatic amines is 1. The third-order valence-electron chi connectivity index (χ3n) is 2.27. The predicted molar refractivity (Wildman–Crippen MR) is 56.7 cm³/mol. The highest BCUT2D eigenvalue weighted by molar-refractivity contribution is 5.69. The second kappa shape index (κ2) is 4.78. The minimum absolute atomic E-state index is 0.168. The van der Waals surface area contributed by atoms with Crippen LogP contribution in [0.3, 0.4) is 0 Å². The van der Waals surface area contributed by atoms with E-state index in [2.05, 4.69) is 9.97 Å². The molecule has 0 saturated heterocycles. The third-order valence-corrected chi connectivity index (χ3v) is 2.27. The number of carboxylic acid groups (broad SMARTS) is 1. The molecule has 1 rings (SSSR count). The zero-order valence-electron chi connectivity index (χ0n) is 9.40. The van der Waals surface area contributed by atoms with E-state index < -0.39 is 11.9 Å². The van der Waals surface area contributed by atoms with Crippen LogP contribution in [0, 0.1) is 12.8 Å². The zero-order chi connectivity index (χ0) is 12.3. The van der Waals surface area contributed by atoms with Gasteiger partial charge in [0, 0.05) is 6.42 Å². The Morgan fingerprint density at radius 2 is 2.25 bits per heavy atom. The maximum atomic E-state index is 11.4. The number of hydrogen-bond donors (Lipinski definition) is 2. The van der Waals surface area contributed by atoms with Crippen molar-refractivity contribution in [2.75, 3.05) is 7.11 Å². The number of methoxy groups -OCH3 is 1. The molecule has 6 nitrogen and oxygen atoms in total. The van der Waals surface area contributed by atoms with Crippen LogP contribution in [-0.4, -0.2) is 28.2 Å². The maximum absolute atomic E-state index is 11.4. The van der Waals surface area contributed by atoms with Gasteiger partial charge < -0.3 is 14.8 Å². The molecule has 0 bridgehead atoms. The van der Waals surface area contributed by atoms with Gasteiger partial charge >= 0.3 is 5.97 Å². The van der Waals surface area contributed by atoms with E-state index in [4.69, 9.17) is 9.84 Å².